The Kier molecular flexibility index (Phi) is 3.45. The zero-order chi connectivity index (χ0) is 9.84. The van der Waals surface area contributed by atoms with Gasteiger partial charge in [0.15, 0.2) is 0 Å². The highest BCUT2D eigenvalue weighted by Gasteiger charge is 2.03. The minimum absolute atomic E-state index is 0.789. The zero-order valence-corrected chi connectivity index (χ0v) is 8.87. The second-order valence-corrected chi connectivity index (χ2v) is 4.12. The van der Waals surface area contributed by atoms with E-state index in [4.69, 9.17) is 0 Å². The number of benzene rings is 1. The number of aryl methyl sites for hydroxylation is 1. The molecular weight excluding hydrogens is 184 g/mol. The molecule has 13 heavy (non-hydrogen) atoms. The second-order valence-electron chi connectivity index (χ2n) is 2.70. The molecule has 4 heteroatoms. The number of hydrogen-bond donors (Lipinski definition) is 2. The molecule has 0 aliphatic rings. The van der Waals surface area contributed by atoms with Crippen LogP contribution >= 0.6 is 0 Å². The molecule has 3 nitrogen and oxygen atoms in total. The van der Waals surface area contributed by atoms with Crippen molar-refractivity contribution in [3.05, 3.63) is 23.8 Å². The third kappa shape index (κ3) is 2.29. The van der Waals surface area contributed by atoms with E-state index in [1.807, 2.05) is 32.2 Å². The van der Waals surface area contributed by atoms with Crippen LogP contribution in [0.2, 0.25) is 0 Å². The first-order valence-corrected chi connectivity index (χ1v) is 5.21. The molecule has 1 unspecified atom stereocenters. The number of anilines is 1. The van der Waals surface area contributed by atoms with E-state index in [-0.39, 0.29) is 0 Å². The molecular formula is C9H14N2OS. The topological polar surface area (TPSA) is 41.1 Å². The zero-order valence-electron chi connectivity index (χ0n) is 8.05. The number of rotatable bonds is 3. The summed E-state index contributed by atoms with van der Waals surface area (Å²) in [6.07, 6.45) is 0. The summed E-state index contributed by atoms with van der Waals surface area (Å²) in [5, 5.41) is 3.05. The quantitative estimate of drug-likeness (QED) is 0.768. The fourth-order valence-corrected chi connectivity index (χ4v) is 1.76. The molecule has 0 aliphatic carbocycles. The molecule has 0 spiro atoms. The maximum Gasteiger partial charge on any atom is 0.124 e. The molecule has 0 fully saturated rings. The summed E-state index contributed by atoms with van der Waals surface area (Å²) >= 11 is 0. The fraction of sp³-hybridized carbons (Fsp3) is 0.333. The van der Waals surface area contributed by atoms with Crippen molar-refractivity contribution in [3.8, 4) is 0 Å². The molecule has 0 saturated heterocycles. The van der Waals surface area contributed by atoms with Crippen LogP contribution in [-0.2, 0) is 11.0 Å². The maximum absolute atomic E-state index is 11.4. The van der Waals surface area contributed by atoms with Crippen molar-refractivity contribution in [2.24, 2.45) is 0 Å². The third-order valence-corrected chi connectivity index (χ3v) is 2.93. The molecule has 0 amide bonds. The van der Waals surface area contributed by atoms with Gasteiger partial charge in [0.25, 0.3) is 0 Å². The lowest BCUT2D eigenvalue weighted by Crippen LogP contribution is -2.10. The lowest BCUT2D eigenvalue weighted by Gasteiger charge is -2.07. The molecule has 1 atom stereocenters. The van der Waals surface area contributed by atoms with Gasteiger partial charge in [-0.05, 0) is 31.7 Å². The molecule has 1 aromatic rings. The summed E-state index contributed by atoms with van der Waals surface area (Å²) in [5.41, 5.74) is 2.17. The van der Waals surface area contributed by atoms with Crippen LogP contribution in [-0.4, -0.2) is 18.3 Å². The minimum atomic E-state index is -1.10. The van der Waals surface area contributed by atoms with Crippen LogP contribution in [0.3, 0.4) is 0 Å². The van der Waals surface area contributed by atoms with Crippen molar-refractivity contribution in [2.75, 3.05) is 19.4 Å². The molecule has 0 aromatic heterocycles. The molecule has 1 aromatic carbocycles. The molecule has 0 aliphatic heterocycles. The molecule has 72 valence electrons. The highest BCUT2D eigenvalue weighted by molar-refractivity contribution is 7.83. The van der Waals surface area contributed by atoms with Crippen LogP contribution in [0.15, 0.2) is 23.1 Å². The summed E-state index contributed by atoms with van der Waals surface area (Å²) in [7, 11) is 2.43. The van der Waals surface area contributed by atoms with E-state index in [1.54, 1.807) is 7.05 Å². The van der Waals surface area contributed by atoms with Crippen molar-refractivity contribution >= 4 is 16.7 Å². The highest BCUT2D eigenvalue weighted by atomic mass is 32.2. The van der Waals surface area contributed by atoms with E-state index < -0.39 is 11.0 Å². The first-order chi connectivity index (χ1) is 6.19. The van der Waals surface area contributed by atoms with E-state index in [0.29, 0.717) is 0 Å². The SMILES string of the molecule is CNc1cc(S(=O)NC)ccc1C. The summed E-state index contributed by atoms with van der Waals surface area (Å²) in [6, 6.07) is 5.71. The molecule has 0 bridgehead atoms. The smallest absolute Gasteiger partial charge is 0.124 e. The van der Waals surface area contributed by atoms with E-state index in [2.05, 4.69) is 10.0 Å². The summed E-state index contributed by atoms with van der Waals surface area (Å²) in [5.74, 6) is 0. The minimum Gasteiger partial charge on any atom is -0.388 e. The summed E-state index contributed by atoms with van der Waals surface area (Å²) in [4.78, 5) is 0.789. The van der Waals surface area contributed by atoms with Crippen molar-refractivity contribution < 1.29 is 4.21 Å². The summed E-state index contributed by atoms with van der Waals surface area (Å²) < 4.78 is 14.1. The van der Waals surface area contributed by atoms with Gasteiger partial charge < -0.3 is 5.32 Å². The Bertz CT molecular complexity index is 325. The van der Waals surface area contributed by atoms with Crippen LogP contribution in [0.4, 0.5) is 5.69 Å². The van der Waals surface area contributed by atoms with Crippen molar-refractivity contribution in [2.45, 2.75) is 11.8 Å². The van der Waals surface area contributed by atoms with Crippen molar-refractivity contribution in [1.29, 1.82) is 0 Å². The predicted molar refractivity (Wildman–Crippen MR) is 56.2 cm³/mol. The molecule has 0 saturated carbocycles. The van der Waals surface area contributed by atoms with E-state index >= 15 is 0 Å². The van der Waals surface area contributed by atoms with Crippen molar-refractivity contribution in [1.82, 2.24) is 4.72 Å². The average molecular weight is 198 g/mol. The third-order valence-electron chi connectivity index (χ3n) is 1.88. The van der Waals surface area contributed by atoms with Gasteiger partial charge in [-0.1, -0.05) is 6.07 Å². The lowest BCUT2D eigenvalue weighted by atomic mass is 10.2. The normalized spacial score (nSPS) is 12.5. The van der Waals surface area contributed by atoms with Crippen LogP contribution in [0.25, 0.3) is 0 Å². The second kappa shape index (κ2) is 4.39. The van der Waals surface area contributed by atoms with Gasteiger partial charge in [-0.25, -0.2) is 8.93 Å². The van der Waals surface area contributed by atoms with Crippen LogP contribution in [0.1, 0.15) is 5.56 Å². The molecule has 2 N–H and O–H groups in total. The number of nitrogens with one attached hydrogen (secondary N) is 2. The van der Waals surface area contributed by atoms with Gasteiger partial charge in [-0.15, -0.1) is 0 Å². The van der Waals surface area contributed by atoms with Gasteiger partial charge >= 0.3 is 0 Å². The van der Waals surface area contributed by atoms with Gasteiger partial charge in [0.2, 0.25) is 0 Å². The van der Waals surface area contributed by atoms with E-state index in [0.717, 1.165) is 16.1 Å². The largest absolute Gasteiger partial charge is 0.388 e. The first-order valence-electron chi connectivity index (χ1n) is 4.06. The lowest BCUT2D eigenvalue weighted by molar-refractivity contribution is 0.678. The maximum atomic E-state index is 11.4. The van der Waals surface area contributed by atoms with Gasteiger partial charge in [0.05, 0.1) is 4.90 Å². The Morgan fingerprint density at radius 3 is 2.54 bits per heavy atom. The Morgan fingerprint density at radius 1 is 1.31 bits per heavy atom. The Hall–Kier alpha value is -0.870. The van der Waals surface area contributed by atoms with Gasteiger partial charge in [-0.3, -0.25) is 0 Å². The molecule has 0 radical (unpaired) electrons. The fourth-order valence-electron chi connectivity index (χ4n) is 1.10. The van der Waals surface area contributed by atoms with E-state index in [9.17, 15) is 4.21 Å². The van der Waals surface area contributed by atoms with Crippen LogP contribution < -0.4 is 10.0 Å². The summed E-state index contributed by atoms with van der Waals surface area (Å²) in [6.45, 7) is 2.01. The highest BCUT2D eigenvalue weighted by Crippen LogP contribution is 2.17. The van der Waals surface area contributed by atoms with Crippen molar-refractivity contribution in [3.63, 3.8) is 0 Å². The molecule has 1 rings (SSSR count). The van der Waals surface area contributed by atoms with Gasteiger partial charge in [0.1, 0.15) is 11.0 Å². The monoisotopic (exact) mass is 198 g/mol. The Morgan fingerprint density at radius 2 is 2.00 bits per heavy atom. The predicted octanol–water partition coefficient (Wildman–Crippen LogP) is 1.28. The van der Waals surface area contributed by atoms with E-state index in [1.165, 1.54) is 0 Å². The van der Waals surface area contributed by atoms with Gasteiger partial charge in [0, 0.05) is 12.7 Å². The standard InChI is InChI=1S/C9H14N2OS/c1-7-4-5-8(13(12)11-3)6-9(7)10-2/h4-6,10-11H,1-3H3. The Labute approximate surface area is 81.1 Å². The average Bonchev–Trinajstić information content (AvgIpc) is 2.17. The first kappa shape index (κ1) is 10.2. The molecule has 0 heterocycles. The Balaban J connectivity index is 3.06. The van der Waals surface area contributed by atoms with Crippen LogP contribution in [0, 0.1) is 6.92 Å². The number of hydrogen-bond acceptors (Lipinski definition) is 2. The van der Waals surface area contributed by atoms with Crippen LogP contribution in [0.5, 0.6) is 0 Å². The van der Waals surface area contributed by atoms with Gasteiger partial charge in [-0.2, -0.15) is 0 Å².